The molecule has 0 fully saturated rings. The minimum Gasteiger partial charge on any atom is -0.294 e. The molecule has 14 heavy (non-hydrogen) atoms. The van der Waals surface area contributed by atoms with E-state index >= 15 is 0 Å². The van der Waals surface area contributed by atoms with Gasteiger partial charge < -0.3 is 0 Å². The Balaban J connectivity index is 2.62. The second kappa shape index (κ2) is 3.28. The summed E-state index contributed by atoms with van der Waals surface area (Å²) in [7, 11) is -1.25. The van der Waals surface area contributed by atoms with Gasteiger partial charge in [-0.3, -0.25) is 9.00 Å². The van der Waals surface area contributed by atoms with Gasteiger partial charge in [-0.1, -0.05) is 6.92 Å². The van der Waals surface area contributed by atoms with Crippen molar-refractivity contribution < 1.29 is 13.4 Å². The zero-order chi connectivity index (χ0) is 10.3. The number of carbonyl (C=O) groups is 1. The van der Waals surface area contributed by atoms with Crippen LogP contribution in [0.1, 0.15) is 23.7 Å². The summed E-state index contributed by atoms with van der Waals surface area (Å²) in [5, 5.41) is -0.211. The van der Waals surface area contributed by atoms with Gasteiger partial charge >= 0.3 is 0 Å². The molecule has 2 atom stereocenters. The number of Topliss-reactive ketones (excluding diaryl/α,β-unsaturated/α-hetero) is 1. The van der Waals surface area contributed by atoms with Crippen LogP contribution in [0.25, 0.3) is 0 Å². The third-order valence-corrected chi connectivity index (χ3v) is 3.97. The third-order valence-electron chi connectivity index (χ3n) is 2.30. The van der Waals surface area contributed by atoms with E-state index in [-0.39, 0.29) is 17.5 Å². The van der Waals surface area contributed by atoms with E-state index in [2.05, 4.69) is 0 Å². The number of halogens is 1. The molecular weight excluding hydrogens is 203 g/mol. The zero-order valence-electron chi connectivity index (χ0n) is 7.62. The molecule has 74 valence electrons. The summed E-state index contributed by atoms with van der Waals surface area (Å²) >= 11 is 0. The van der Waals surface area contributed by atoms with E-state index in [1.54, 1.807) is 6.92 Å². The summed E-state index contributed by atoms with van der Waals surface area (Å²) in [5.41, 5.74) is 0.405. The molecule has 2 unspecified atom stereocenters. The molecule has 2 nitrogen and oxygen atoms in total. The van der Waals surface area contributed by atoms with Gasteiger partial charge in [-0.25, -0.2) is 4.39 Å². The first-order valence-electron chi connectivity index (χ1n) is 4.33. The van der Waals surface area contributed by atoms with Crippen LogP contribution in [-0.4, -0.2) is 15.2 Å². The van der Waals surface area contributed by atoms with Crippen LogP contribution in [0.3, 0.4) is 0 Å². The predicted octanol–water partition coefficient (Wildman–Crippen LogP) is 1.91. The topological polar surface area (TPSA) is 34.1 Å². The van der Waals surface area contributed by atoms with Crippen LogP contribution >= 0.6 is 0 Å². The molecule has 1 aliphatic rings. The van der Waals surface area contributed by atoms with Gasteiger partial charge in [-0.2, -0.15) is 0 Å². The molecule has 1 aliphatic heterocycles. The quantitative estimate of drug-likeness (QED) is 0.658. The highest BCUT2D eigenvalue weighted by Gasteiger charge is 2.28. The van der Waals surface area contributed by atoms with Gasteiger partial charge in [0.05, 0.1) is 15.7 Å². The van der Waals surface area contributed by atoms with Crippen molar-refractivity contribution in [2.45, 2.75) is 23.5 Å². The maximum atomic E-state index is 12.9. The minimum atomic E-state index is -1.25. The van der Waals surface area contributed by atoms with Crippen LogP contribution in [0.15, 0.2) is 23.1 Å². The third kappa shape index (κ3) is 1.39. The lowest BCUT2D eigenvalue weighted by Crippen LogP contribution is -2.24. The average molecular weight is 212 g/mol. The number of carbonyl (C=O) groups excluding carboxylic acids is 1. The fourth-order valence-electron chi connectivity index (χ4n) is 1.56. The maximum absolute atomic E-state index is 12.9. The van der Waals surface area contributed by atoms with Gasteiger partial charge in [0.25, 0.3) is 0 Å². The monoisotopic (exact) mass is 212 g/mol. The van der Waals surface area contributed by atoms with Gasteiger partial charge in [0, 0.05) is 17.2 Å². The molecular formula is C10H9FO2S. The molecule has 1 heterocycles. The molecule has 0 amide bonds. The zero-order valence-corrected chi connectivity index (χ0v) is 8.44. The second-order valence-corrected chi connectivity index (χ2v) is 5.22. The van der Waals surface area contributed by atoms with E-state index in [0.717, 1.165) is 0 Å². The van der Waals surface area contributed by atoms with Crippen molar-refractivity contribution in [1.29, 1.82) is 0 Å². The number of fused-ring (bicyclic) bond motifs is 1. The van der Waals surface area contributed by atoms with Crippen LogP contribution in [-0.2, 0) is 10.8 Å². The lowest BCUT2D eigenvalue weighted by molar-refractivity contribution is 0.0977. The molecule has 0 spiro atoms. The predicted molar refractivity (Wildman–Crippen MR) is 51.2 cm³/mol. The molecule has 4 heteroatoms. The Morgan fingerprint density at radius 3 is 2.93 bits per heavy atom. The standard InChI is InChI=1S/C10H9FO2S/c1-6-4-9(12)8-3-2-7(11)5-10(8)14(6)13/h2-3,5-6H,4H2,1H3. The number of rotatable bonds is 0. The van der Waals surface area contributed by atoms with Crippen molar-refractivity contribution in [2.24, 2.45) is 0 Å². The highest BCUT2D eigenvalue weighted by Crippen LogP contribution is 2.26. The number of benzene rings is 1. The van der Waals surface area contributed by atoms with Crippen molar-refractivity contribution in [3.05, 3.63) is 29.6 Å². The molecule has 0 bridgehead atoms. The fourth-order valence-corrected chi connectivity index (χ4v) is 2.92. The van der Waals surface area contributed by atoms with Crippen LogP contribution in [0.2, 0.25) is 0 Å². The molecule has 0 radical (unpaired) electrons. The molecule has 0 saturated heterocycles. The molecule has 0 saturated carbocycles. The number of ketones is 1. The van der Waals surface area contributed by atoms with Crippen molar-refractivity contribution in [2.75, 3.05) is 0 Å². The van der Waals surface area contributed by atoms with E-state index in [1.165, 1.54) is 18.2 Å². The Hall–Kier alpha value is -1.03. The largest absolute Gasteiger partial charge is 0.294 e. The normalized spacial score (nSPS) is 26.0. The first kappa shape index (κ1) is 9.52. The van der Waals surface area contributed by atoms with Crippen LogP contribution in [0.5, 0.6) is 0 Å². The summed E-state index contributed by atoms with van der Waals surface area (Å²) in [6, 6.07) is 3.83. The molecule has 0 aromatic heterocycles. The Bertz CT molecular complexity index is 428. The Kier molecular flexibility index (Phi) is 2.23. The molecule has 1 aromatic carbocycles. The van der Waals surface area contributed by atoms with Crippen molar-refractivity contribution in [3.63, 3.8) is 0 Å². The lowest BCUT2D eigenvalue weighted by Gasteiger charge is -2.19. The van der Waals surface area contributed by atoms with E-state index in [0.29, 0.717) is 10.5 Å². The SMILES string of the molecule is CC1CC(=O)c2ccc(F)cc2S1=O. The van der Waals surface area contributed by atoms with Gasteiger partial charge in [0.2, 0.25) is 0 Å². The van der Waals surface area contributed by atoms with Crippen LogP contribution in [0.4, 0.5) is 4.39 Å². The number of hydrogen-bond donors (Lipinski definition) is 0. The van der Waals surface area contributed by atoms with Crippen molar-refractivity contribution in [3.8, 4) is 0 Å². The van der Waals surface area contributed by atoms with E-state index < -0.39 is 16.6 Å². The average Bonchev–Trinajstić information content (AvgIpc) is 2.14. The van der Waals surface area contributed by atoms with Crippen LogP contribution < -0.4 is 0 Å². The minimum absolute atomic E-state index is 0.0490. The van der Waals surface area contributed by atoms with Gasteiger partial charge in [0.15, 0.2) is 5.78 Å². The molecule has 2 rings (SSSR count). The maximum Gasteiger partial charge on any atom is 0.165 e. The summed E-state index contributed by atoms with van der Waals surface area (Å²) in [6.07, 6.45) is 0.283. The lowest BCUT2D eigenvalue weighted by atomic mass is 10.1. The Morgan fingerprint density at radius 2 is 2.21 bits per heavy atom. The highest BCUT2D eigenvalue weighted by molar-refractivity contribution is 7.86. The number of hydrogen-bond acceptors (Lipinski definition) is 2. The van der Waals surface area contributed by atoms with Gasteiger partial charge in [0.1, 0.15) is 5.82 Å². The molecule has 0 N–H and O–H groups in total. The Labute approximate surface area is 83.6 Å². The van der Waals surface area contributed by atoms with Crippen molar-refractivity contribution >= 4 is 16.6 Å². The molecule has 1 aromatic rings. The van der Waals surface area contributed by atoms with Crippen LogP contribution in [0, 0.1) is 5.82 Å². The summed E-state index contributed by atoms with van der Waals surface area (Å²) < 4.78 is 24.6. The van der Waals surface area contributed by atoms with E-state index in [1.807, 2.05) is 0 Å². The smallest absolute Gasteiger partial charge is 0.165 e. The first-order valence-corrected chi connectivity index (χ1v) is 5.54. The van der Waals surface area contributed by atoms with Gasteiger partial charge in [-0.05, 0) is 18.2 Å². The fraction of sp³-hybridized carbons (Fsp3) is 0.300. The van der Waals surface area contributed by atoms with E-state index in [4.69, 9.17) is 0 Å². The second-order valence-electron chi connectivity index (χ2n) is 3.38. The van der Waals surface area contributed by atoms with Gasteiger partial charge in [-0.15, -0.1) is 0 Å². The first-order chi connectivity index (χ1) is 6.59. The summed E-state index contributed by atoms with van der Waals surface area (Å²) in [4.78, 5) is 11.8. The molecule has 0 aliphatic carbocycles. The highest BCUT2D eigenvalue weighted by atomic mass is 32.2. The summed E-state index contributed by atoms with van der Waals surface area (Å²) in [5.74, 6) is -0.494. The van der Waals surface area contributed by atoms with E-state index in [9.17, 15) is 13.4 Å². The van der Waals surface area contributed by atoms with Crippen molar-refractivity contribution in [1.82, 2.24) is 0 Å². The Morgan fingerprint density at radius 1 is 1.50 bits per heavy atom. The summed E-state index contributed by atoms with van der Waals surface area (Å²) in [6.45, 7) is 1.74.